The van der Waals surface area contributed by atoms with Crippen LogP contribution in [0.1, 0.15) is 49.3 Å². The van der Waals surface area contributed by atoms with Crippen LogP contribution < -0.4 is 0 Å². The van der Waals surface area contributed by atoms with E-state index in [4.69, 9.17) is 0 Å². The van der Waals surface area contributed by atoms with Gasteiger partial charge in [0.2, 0.25) is 17.7 Å². The molecule has 1 aliphatic heterocycles. The maximum Gasteiger partial charge on any atom is 0.241 e. The van der Waals surface area contributed by atoms with E-state index in [0.717, 1.165) is 29.5 Å². The molecule has 6 heteroatoms. The Morgan fingerprint density at radius 3 is 2.53 bits per heavy atom. The molecular formula is C24H29N3O3. The van der Waals surface area contributed by atoms with Gasteiger partial charge in [-0.1, -0.05) is 37.6 Å². The standard InChI is InChI=1S/C24H29N3O3/c1-4-5-14-26(3)21(28)15-24(20-9-7-6-8-18(20)2)16-22(29)27(23(24)30)17-19-10-12-25-13-11-19/h6-13H,4-5,14-17H2,1-3H3. The molecular weight excluding hydrogens is 378 g/mol. The number of likely N-dealkylation sites (tertiary alicyclic amines) is 1. The molecule has 1 unspecified atom stereocenters. The third kappa shape index (κ3) is 4.27. The highest BCUT2D eigenvalue weighted by Gasteiger charge is 2.54. The molecule has 1 fully saturated rings. The van der Waals surface area contributed by atoms with Gasteiger partial charge in [-0.2, -0.15) is 0 Å². The van der Waals surface area contributed by atoms with Crippen LogP contribution in [0.25, 0.3) is 0 Å². The maximum absolute atomic E-state index is 13.7. The van der Waals surface area contributed by atoms with Gasteiger partial charge < -0.3 is 4.90 Å². The van der Waals surface area contributed by atoms with E-state index in [2.05, 4.69) is 11.9 Å². The molecule has 3 amide bonds. The molecule has 1 aliphatic rings. The van der Waals surface area contributed by atoms with Crippen LogP contribution in [0.15, 0.2) is 48.8 Å². The minimum Gasteiger partial charge on any atom is -0.346 e. The molecule has 1 aromatic heterocycles. The molecule has 0 spiro atoms. The number of carbonyl (C=O) groups is 3. The molecule has 1 saturated heterocycles. The number of benzene rings is 1. The number of rotatable bonds is 8. The van der Waals surface area contributed by atoms with Crippen LogP contribution in [0.5, 0.6) is 0 Å². The summed E-state index contributed by atoms with van der Waals surface area (Å²) in [5.41, 5.74) is 1.34. The van der Waals surface area contributed by atoms with Gasteiger partial charge in [-0.3, -0.25) is 24.3 Å². The summed E-state index contributed by atoms with van der Waals surface area (Å²) in [5.74, 6) is -0.654. The third-order valence-electron chi connectivity index (χ3n) is 5.89. The molecule has 1 atom stereocenters. The Bertz CT molecular complexity index is 928. The van der Waals surface area contributed by atoms with Gasteiger partial charge in [0.15, 0.2) is 0 Å². The zero-order valence-electron chi connectivity index (χ0n) is 17.9. The number of carbonyl (C=O) groups excluding carboxylic acids is 3. The van der Waals surface area contributed by atoms with Crippen LogP contribution in [0, 0.1) is 6.92 Å². The van der Waals surface area contributed by atoms with Gasteiger partial charge in [-0.15, -0.1) is 0 Å². The Hall–Kier alpha value is -3.02. The van der Waals surface area contributed by atoms with Gasteiger partial charge in [0.05, 0.1) is 12.0 Å². The molecule has 0 radical (unpaired) electrons. The number of nitrogens with zero attached hydrogens (tertiary/aromatic N) is 3. The van der Waals surface area contributed by atoms with E-state index in [1.807, 2.05) is 31.2 Å². The van der Waals surface area contributed by atoms with Crippen LogP contribution in [-0.2, 0) is 26.3 Å². The summed E-state index contributed by atoms with van der Waals surface area (Å²) < 4.78 is 0. The fourth-order valence-corrected chi connectivity index (χ4v) is 4.10. The number of unbranched alkanes of at least 4 members (excludes halogenated alkanes) is 1. The van der Waals surface area contributed by atoms with E-state index in [1.165, 1.54) is 4.90 Å². The SMILES string of the molecule is CCCCN(C)C(=O)CC1(c2ccccc2C)CC(=O)N(Cc2ccncc2)C1=O. The van der Waals surface area contributed by atoms with Crippen molar-refractivity contribution >= 4 is 17.7 Å². The Morgan fingerprint density at radius 1 is 1.17 bits per heavy atom. The summed E-state index contributed by atoms with van der Waals surface area (Å²) in [6, 6.07) is 11.1. The Balaban J connectivity index is 1.96. The lowest BCUT2D eigenvalue weighted by molar-refractivity contribution is -0.143. The van der Waals surface area contributed by atoms with Crippen LogP contribution in [-0.4, -0.2) is 46.1 Å². The van der Waals surface area contributed by atoms with Crippen molar-refractivity contribution in [1.82, 2.24) is 14.8 Å². The monoisotopic (exact) mass is 407 g/mol. The first-order valence-electron chi connectivity index (χ1n) is 10.4. The second-order valence-corrected chi connectivity index (χ2v) is 8.06. The predicted octanol–water partition coefficient (Wildman–Crippen LogP) is 3.24. The second kappa shape index (κ2) is 9.20. The van der Waals surface area contributed by atoms with Gasteiger partial charge in [0.1, 0.15) is 0 Å². The minimum atomic E-state index is -1.16. The van der Waals surface area contributed by atoms with Crippen molar-refractivity contribution in [3.05, 3.63) is 65.5 Å². The number of hydrogen-bond donors (Lipinski definition) is 0. The topological polar surface area (TPSA) is 70.6 Å². The molecule has 0 N–H and O–H groups in total. The van der Waals surface area contributed by atoms with Crippen molar-refractivity contribution < 1.29 is 14.4 Å². The molecule has 2 heterocycles. The highest BCUT2D eigenvalue weighted by atomic mass is 16.2. The lowest BCUT2D eigenvalue weighted by atomic mass is 9.74. The number of pyridine rings is 1. The lowest BCUT2D eigenvalue weighted by Crippen LogP contribution is -2.43. The van der Waals surface area contributed by atoms with Crippen molar-refractivity contribution in [3.63, 3.8) is 0 Å². The normalized spacial score (nSPS) is 18.7. The zero-order chi connectivity index (χ0) is 21.7. The van der Waals surface area contributed by atoms with Crippen molar-refractivity contribution in [2.24, 2.45) is 0 Å². The van der Waals surface area contributed by atoms with Crippen molar-refractivity contribution in [1.29, 1.82) is 0 Å². The maximum atomic E-state index is 13.7. The van der Waals surface area contributed by atoms with Crippen molar-refractivity contribution in [2.45, 2.75) is 51.5 Å². The van der Waals surface area contributed by atoms with E-state index >= 15 is 0 Å². The minimum absolute atomic E-state index is 0.00448. The first kappa shape index (κ1) is 21.7. The predicted molar refractivity (Wildman–Crippen MR) is 114 cm³/mol. The average molecular weight is 408 g/mol. The highest BCUT2D eigenvalue weighted by Crippen LogP contribution is 2.42. The Labute approximate surface area is 177 Å². The van der Waals surface area contributed by atoms with Crippen LogP contribution in [0.2, 0.25) is 0 Å². The second-order valence-electron chi connectivity index (χ2n) is 8.06. The van der Waals surface area contributed by atoms with Crippen LogP contribution in [0.3, 0.4) is 0 Å². The number of hydrogen-bond acceptors (Lipinski definition) is 4. The number of imide groups is 1. The summed E-state index contributed by atoms with van der Waals surface area (Å²) in [5, 5.41) is 0. The molecule has 2 aromatic rings. The van der Waals surface area contributed by atoms with Crippen molar-refractivity contribution in [3.8, 4) is 0 Å². The van der Waals surface area contributed by atoms with E-state index in [1.54, 1.807) is 36.5 Å². The average Bonchev–Trinajstić information content (AvgIpc) is 2.97. The summed E-state index contributed by atoms with van der Waals surface area (Å²) in [6.07, 6.45) is 5.17. The van der Waals surface area contributed by atoms with Gasteiger partial charge in [-0.25, -0.2) is 0 Å². The molecule has 158 valence electrons. The molecule has 3 rings (SSSR count). The quantitative estimate of drug-likeness (QED) is 0.630. The highest BCUT2D eigenvalue weighted by molar-refractivity contribution is 6.10. The fraction of sp³-hybridized carbons (Fsp3) is 0.417. The van der Waals surface area contributed by atoms with Gasteiger partial charge >= 0.3 is 0 Å². The fourth-order valence-electron chi connectivity index (χ4n) is 4.10. The van der Waals surface area contributed by atoms with E-state index in [0.29, 0.717) is 6.54 Å². The first-order valence-corrected chi connectivity index (χ1v) is 10.4. The number of amides is 3. The number of aromatic nitrogens is 1. The van der Waals surface area contributed by atoms with Crippen molar-refractivity contribution in [2.75, 3.05) is 13.6 Å². The molecule has 0 saturated carbocycles. The Kier molecular flexibility index (Phi) is 6.65. The first-order chi connectivity index (χ1) is 14.4. The van der Waals surface area contributed by atoms with E-state index in [9.17, 15) is 14.4 Å². The molecule has 0 bridgehead atoms. The lowest BCUT2D eigenvalue weighted by Gasteiger charge is -2.30. The summed E-state index contributed by atoms with van der Waals surface area (Å²) in [6.45, 7) is 4.82. The Morgan fingerprint density at radius 2 is 1.87 bits per heavy atom. The third-order valence-corrected chi connectivity index (χ3v) is 5.89. The molecule has 30 heavy (non-hydrogen) atoms. The van der Waals surface area contributed by atoms with Gasteiger partial charge in [0.25, 0.3) is 0 Å². The summed E-state index contributed by atoms with van der Waals surface area (Å²) in [4.78, 5) is 46.7. The number of aryl methyl sites for hydroxylation is 1. The largest absolute Gasteiger partial charge is 0.346 e. The van der Waals surface area contributed by atoms with Crippen LogP contribution >= 0.6 is 0 Å². The van der Waals surface area contributed by atoms with E-state index < -0.39 is 5.41 Å². The molecule has 0 aliphatic carbocycles. The van der Waals surface area contributed by atoms with Gasteiger partial charge in [0, 0.05) is 38.8 Å². The summed E-state index contributed by atoms with van der Waals surface area (Å²) >= 11 is 0. The smallest absolute Gasteiger partial charge is 0.241 e. The van der Waals surface area contributed by atoms with E-state index in [-0.39, 0.29) is 37.1 Å². The molecule has 1 aromatic carbocycles. The summed E-state index contributed by atoms with van der Waals surface area (Å²) in [7, 11) is 1.76. The van der Waals surface area contributed by atoms with Gasteiger partial charge in [-0.05, 0) is 42.2 Å². The van der Waals surface area contributed by atoms with Crippen LogP contribution in [0.4, 0.5) is 0 Å². The molecule has 6 nitrogen and oxygen atoms in total. The zero-order valence-corrected chi connectivity index (χ0v) is 17.9.